The van der Waals surface area contributed by atoms with E-state index in [-0.39, 0.29) is 18.3 Å². The van der Waals surface area contributed by atoms with Gasteiger partial charge in [0.2, 0.25) is 5.91 Å². The van der Waals surface area contributed by atoms with Gasteiger partial charge in [0.25, 0.3) is 0 Å². The van der Waals surface area contributed by atoms with Gasteiger partial charge in [-0.25, -0.2) is 4.39 Å². The van der Waals surface area contributed by atoms with Crippen LogP contribution in [0.15, 0.2) is 24.3 Å². The molecule has 0 saturated heterocycles. The van der Waals surface area contributed by atoms with Gasteiger partial charge in [0.1, 0.15) is 5.82 Å². The van der Waals surface area contributed by atoms with E-state index in [1.54, 1.807) is 23.9 Å². The summed E-state index contributed by atoms with van der Waals surface area (Å²) in [6, 6.07) is 5.86. The van der Waals surface area contributed by atoms with Crippen molar-refractivity contribution in [2.45, 2.75) is 12.2 Å². The highest BCUT2D eigenvalue weighted by Crippen LogP contribution is 2.08. The van der Waals surface area contributed by atoms with Gasteiger partial charge in [-0.2, -0.15) is 11.8 Å². The predicted molar refractivity (Wildman–Crippen MR) is 70.9 cm³/mol. The lowest BCUT2D eigenvalue weighted by molar-refractivity contribution is -0.115. The lowest BCUT2D eigenvalue weighted by Gasteiger charge is -2.10. The van der Waals surface area contributed by atoms with Crippen molar-refractivity contribution in [2.75, 3.05) is 24.7 Å². The molecule has 0 aliphatic carbocycles. The fourth-order valence-corrected chi connectivity index (χ4v) is 1.53. The van der Waals surface area contributed by atoms with Gasteiger partial charge in [0.05, 0.1) is 6.54 Å². The maximum atomic E-state index is 12.9. The van der Waals surface area contributed by atoms with Gasteiger partial charge in [-0.05, 0) is 24.5 Å². The van der Waals surface area contributed by atoms with Crippen molar-refractivity contribution in [3.63, 3.8) is 0 Å². The molecule has 17 heavy (non-hydrogen) atoms. The minimum atomic E-state index is -0.355. The zero-order chi connectivity index (χ0) is 12.7. The van der Waals surface area contributed by atoms with Gasteiger partial charge in [-0.3, -0.25) is 4.79 Å². The van der Waals surface area contributed by atoms with E-state index in [0.29, 0.717) is 10.9 Å². The molecule has 1 aromatic rings. The highest BCUT2D eigenvalue weighted by atomic mass is 32.2. The first-order valence-electron chi connectivity index (χ1n) is 5.40. The molecule has 1 rings (SSSR count). The van der Waals surface area contributed by atoms with E-state index in [1.807, 2.05) is 6.26 Å². The number of thioether (sulfide) groups is 1. The summed E-state index contributed by atoms with van der Waals surface area (Å²) in [5.74, 6) is -0.518. The van der Waals surface area contributed by atoms with Gasteiger partial charge in [0.15, 0.2) is 0 Å². The van der Waals surface area contributed by atoms with Crippen LogP contribution in [0.25, 0.3) is 0 Å². The lowest BCUT2D eigenvalue weighted by atomic mass is 10.3. The van der Waals surface area contributed by atoms with Crippen LogP contribution in [0.4, 0.5) is 10.1 Å². The van der Waals surface area contributed by atoms with Crippen molar-refractivity contribution in [1.82, 2.24) is 5.32 Å². The summed E-state index contributed by atoms with van der Waals surface area (Å²) >= 11 is 1.74. The van der Waals surface area contributed by atoms with Crippen LogP contribution in [0.2, 0.25) is 0 Å². The minimum absolute atomic E-state index is 0.163. The highest BCUT2D eigenvalue weighted by Gasteiger charge is 2.04. The second-order valence-electron chi connectivity index (χ2n) is 3.74. The maximum absolute atomic E-state index is 12.9. The first kappa shape index (κ1) is 14.0. The Labute approximate surface area is 105 Å². The van der Waals surface area contributed by atoms with Crippen molar-refractivity contribution in [1.29, 1.82) is 0 Å². The van der Waals surface area contributed by atoms with Crippen molar-refractivity contribution in [3.05, 3.63) is 30.1 Å². The molecule has 1 amide bonds. The molecule has 94 valence electrons. The molecule has 0 aromatic heterocycles. The lowest BCUT2D eigenvalue weighted by Crippen LogP contribution is -2.31. The van der Waals surface area contributed by atoms with Crippen LogP contribution in [0.1, 0.15) is 6.92 Å². The summed E-state index contributed by atoms with van der Waals surface area (Å²) in [4.78, 5) is 11.5. The van der Waals surface area contributed by atoms with Crippen LogP contribution in [0, 0.1) is 5.82 Å². The number of benzene rings is 1. The van der Waals surface area contributed by atoms with E-state index in [0.717, 1.165) is 6.54 Å². The van der Waals surface area contributed by atoms with Crippen LogP contribution < -0.4 is 10.6 Å². The van der Waals surface area contributed by atoms with E-state index in [9.17, 15) is 9.18 Å². The molecule has 0 aliphatic rings. The molecule has 1 aromatic carbocycles. The van der Waals surface area contributed by atoms with Crippen molar-refractivity contribution in [2.24, 2.45) is 0 Å². The average molecular weight is 256 g/mol. The highest BCUT2D eigenvalue weighted by molar-refractivity contribution is 7.99. The Morgan fingerprint density at radius 2 is 2.29 bits per heavy atom. The van der Waals surface area contributed by atoms with Gasteiger partial charge in [0, 0.05) is 17.5 Å². The summed E-state index contributed by atoms with van der Waals surface area (Å²) in [6.07, 6.45) is 2.03. The van der Waals surface area contributed by atoms with Crippen molar-refractivity contribution >= 4 is 23.4 Å². The van der Waals surface area contributed by atoms with Crippen LogP contribution in [-0.2, 0) is 4.79 Å². The standard InChI is InChI=1S/C12H17FN2OS/c1-9(17-2)7-14-8-12(16)15-11-5-3-4-10(13)6-11/h3-6,9,14H,7-8H2,1-2H3,(H,15,16). The summed E-state index contributed by atoms with van der Waals surface area (Å²) in [5, 5.41) is 6.14. The number of halogens is 1. The normalized spacial score (nSPS) is 12.2. The van der Waals surface area contributed by atoms with Crippen molar-refractivity contribution < 1.29 is 9.18 Å². The smallest absolute Gasteiger partial charge is 0.238 e. The second kappa shape index (κ2) is 7.29. The topological polar surface area (TPSA) is 41.1 Å². The number of rotatable bonds is 6. The molecule has 3 nitrogen and oxygen atoms in total. The van der Waals surface area contributed by atoms with Crippen LogP contribution in [0.3, 0.4) is 0 Å². The number of carbonyl (C=O) groups excluding carboxylic acids is 1. The molecule has 0 fully saturated rings. The molecule has 1 atom stereocenters. The summed E-state index contributed by atoms with van der Waals surface area (Å²) in [7, 11) is 0. The van der Waals surface area contributed by atoms with Crippen LogP contribution >= 0.6 is 11.8 Å². The number of nitrogens with one attached hydrogen (secondary N) is 2. The predicted octanol–water partition coefficient (Wildman–Crippen LogP) is 2.11. The minimum Gasteiger partial charge on any atom is -0.325 e. The molecular formula is C12H17FN2OS. The van der Waals surface area contributed by atoms with Crippen molar-refractivity contribution in [3.8, 4) is 0 Å². The third-order valence-electron chi connectivity index (χ3n) is 2.23. The number of hydrogen-bond acceptors (Lipinski definition) is 3. The SMILES string of the molecule is CSC(C)CNCC(=O)Nc1cccc(F)c1. The van der Waals surface area contributed by atoms with E-state index in [4.69, 9.17) is 0 Å². The summed E-state index contributed by atoms with van der Waals surface area (Å²) < 4.78 is 12.9. The molecule has 2 N–H and O–H groups in total. The third-order valence-corrected chi connectivity index (χ3v) is 3.20. The number of anilines is 1. The average Bonchev–Trinajstić information content (AvgIpc) is 2.28. The third kappa shape index (κ3) is 5.70. The molecule has 0 saturated carbocycles. The monoisotopic (exact) mass is 256 g/mol. The summed E-state index contributed by atoms with van der Waals surface area (Å²) in [6.45, 7) is 3.10. The van der Waals surface area contributed by atoms with Gasteiger partial charge >= 0.3 is 0 Å². The first-order valence-corrected chi connectivity index (χ1v) is 6.69. The molecular weight excluding hydrogens is 239 g/mol. The molecule has 0 spiro atoms. The molecule has 0 bridgehead atoms. The first-order chi connectivity index (χ1) is 8.11. The number of carbonyl (C=O) groups is 1. The van der Waals surface area contributed by atoms with Gasteiger partial charge in [-0.15, -0.1) is 0 Å². The molecule has 5 heteroatoms. The quantitative estimate of drug-likeness (QED) is 0.819. The summed E-state index contributed by atoms with van der Waals surface area (Å²) in [5.41, 5.74) is 0.481. The molecule has 0 heterocycles. The van der Waals surface area contributed by atoms with E-state index < -0.39 is 0 Å². The zero-order valence-corrected chi connectivity index (χ0v) is 10.8. The Balaban J connectivity index is 2.30. The fraction of sp³-hybridized carbons (Fsp3) is 0.417. The van der Waals surface area contributed by atoms with Gasteiger partial charge in [-0.1, -0.05) is 13.0 Å². The fourth-order valence-electron chi connectivity index (χ4n) is 1.24. The second-order valence-corrected chi connectivity index (χ2v) is 5.01. The maximum Gasteiger partial charge on any atom is 0.238 e. The Morgan fingerprint density at radius 1 is 1.53 bits per heavy atom. The van der Waals surface area contributed by atoms with E-state index >= 15 is 0 Å². The largest absolute Gasteiger partial charge is 0.325 e. The Bertz CT molecular complexity index is 373. The van der Waals surface area contributed by atoms with E-state index in [1.165, 1.54) is 12.1 Å². The molecule has 1 unspecified atom stereocenters. The number of amides is 1. The Hall–Kier alpha value is -1.07. The Kier molecular flexibility index (Phi) is 6.00. The molecule has 0 aliphatic heterocycles. The molecule has 0 radical (unpaired) electrons. The number of hydrogen-bond donors (Lipinski definition) is 2. The van der Waals surface area contributed by atoms with Crippen LogP contribution in [-0.4, -0.2) is 30.5 Å². The Morgan fingerprint density at radius 3 is 2.94 bits per heavy atom. The van der Waals surface area contributed by atoms with Crippen LogP contribution in [0.5, 0.6) is 0 Å². The zero-order valence-electron chi connectivity index (χ0n) is 10.00. The van der Waals surface area contributed by atoms with Gasteiger partial charge < -0.3 is 10.6 Å². The van der Waals surface area contributed by atoms with E-state index in [2.05, 4.69) is 17.6 Å².